The minimum absolute atomic E-state index is 0.239. The summed E-state index contributed by atoms with van der Waals surface area (Å²) in [4.78, 5) is 12.5. The Morgan fingerprint density at radius 3 is 2.64 bits per heavy atom. The van der Waals surface area contributed by atoms with Crippen molar-refractivity contribution in [2.75, 3.05) is 13.7 Å². The monoisotopic (exact) mass is 338 g/mol. The summed E-state index contributed by atoms with van der Waals surface area (Å²) in [7, 11) is 1.59. The van der Waals surface area contributed by atoms with Gasteiger partial charge in [-0.1, -0.05) is 43.3 Å². The minimum atomic E-state index is -0.239. The van der Waals surface area contributed by atoms with Gasteiger partial charge in [0.15, 0.2) is 17.1 Å². The van der Waals surface area contributed by atoms with Gasteiger partial charge in [-0.25, -0.2) is 0 Å². The third kappa shape index (κ3) is 3.83. The molecule has 0 atom stereocenters. The number of ether oxygens (including phenoxy) is 1. The number of furan rings is 1. The lowest BCUT2D eigenvalue weighted by Gasteiger charge is -2.06. The Bertz CT molecular complexity index is 856. The summed E-state index contributed by atoms with van der Waals surface area (Å²) < 4.78 is 11.2. The molecule has 5 heteroatoms. The van der Waals surface area contributed by atoms with Gasteiger partial charge in [0.2, 0.25) is 0 Å². The fraction of sp³-hybridized carbons (Fsp3) is 0.250. The summed E-state index contributed by atoms with van der Waals surface area (Å²) in [6, 6.07) is 15.4. The van der Waals surface area contributed by atoms with Crippen LogP contribution in [0, 0.1) is 0 Å². The molecule has 2 aromatic carbocycles. The van der Waals surface area contributed by atoms with E-state index in [1.807, 2.05) is 42.5 Å². The zero-order valence-corrected chi connectivity index (χ0v) is 14.5. The van der Waals surface area contributed by atoms with Crippen molar-refractivity contribution in [1.29, 1.82) is 0 Å². The molecule has 3 aromatic rings. The largest absolute Gasteiger partial charge is 0.493 e. The number of benzene rings is 2. The van der Waals surface area contributed by atoms with E-state index in [0.717, 1.165) is 23.1 Å². The van der Waals surface area contributed by atoms with Crippen LogP contribution in [0.3, 0.4) is 0 Å². The van der Waals surface area contributed by atoms with Crippen LogP contribution in [-0.2, 0) is 13.1 Å². The predicted molar refractivity (Wildman–Crippen MR) is 97.8 cm³/mol. The molecule has 1 aromatic heterocycles. The van der Waals surface area contributed by atoms with Gasteiger partial charge >= 0.3 is 0 Å². The Balaban J connectivity index is 1.84. The second-order valence-corrected chi connectivity index (χ2v) is 5.73. The van der Waals surface area contributed by atoms with E-state index in [2.05, 4.69) is 17.6 Å². The second kappa shape index (κ2) is 7.85. The van der Waals surface area contributed by atoms with Crippen molar-refractivity contribution in [1.82, 2.24) is 10.6 Å². The highest BCUT2D eigenvalue weighted by Crippen LogP contribution is 2.31. The molecule has 0 bridgehead atoms. The number of nitrogens with one attached hydrogen (secondary N) is 2. The number of rotatable bonds is 7. The number of fused-ring (bicyclic) bond motifs is 1. The lowest BCUT2D eigenvalue weighted by molar-refractivity contribution is 0.0925. The average Bonchev–Trinajstić information content (AvgIpc) is 3.10. The molecular weight excluding hydrogens is 316 g/mol. The normalized spacial score (nSPS) is 10.8. The number of amides is 1. The highest BCUT2D eigenvalue weighted by molar-refractivity contribution is 5.98. The van der Waals surface area contributed by atoms with Gasteiger partial charge in [0, 0.05) is 18.5 Å². The minimum Gasteiger partial charge on any atom is -0.493 e. The van der Waals surface area contributed by atoms with Crippen LogP contribution in [0.5, 0.6) is 5.75 Å². The van der Waals surface area contributed by atoms with Gasteiger partial charge in [-0.3, -0.25) is 4.79 Å². The van der Waals surface area contributed by atoms with Crippen molar-refractivity contribution in [3.8, 4) is 5.75 Å². The Hall–Kier alpha value is -2.79. The smallest absolute Gasteiger partial charge is 0.287 e. The average molecular weight is 338 g/mol. The molecule has 0 aliphatic heterocycles. The van der Waals surface area contributed by atoms with E-state index in [1.165, 1.54) is 0 Å². The van der Waals surface area contributed by atoms with Crippen LogP contribution in [0.15, 0.2) is 52.9 Å². The van der Waals surface area contributed by atoms with Crippen LogP contribution in [0.1, 0.15) is 28.6 Å². The number of carbonyl (C=O) groups is 1. The molecule has 130 valence electrons. The number of carbonyl (C=O) groups excluding carboxylic acids is 1. The van der Waals surface area contributed by atoms with Crippen molar-refractivity contribution in [2.24, 2.45) is 0 Å². The van der Waals surface area contributed by atoms with Gasteiger partial charge in [0.1, 0.15) is 0 Å². The lowest BCUT2D eigenvalue weighted by atomic mass is 10.1. The zero-order chi connectivity index (χ0) is 17.6. The van der Waals surface area contributed by atoms with Crippen LogP contribution < -0.4 is 15.4 Å². The standard InChI is InChI=1S/C20H22N2O3/c1-3-21-13-15-9-10-17(24-2)19-16(15)11-18(25-19)20(23)22-12-14-7-5-4-6-8-14/h4-11,21H,3,12-13H2,1-2H3,(H,22,23). The molecule has 1 heterocycles. The third-order valence-corrected chi connectivity index (χ3v) is 4.04. The summed E-state index contributed by atoms with van der Waals surface area (Å²) in [5, 5.41) is 7.08. The zero-order valence-electron chi connectivity index (χ0n) is 14.5. The molecule has 25 heavy (non-hydrogen) atoms. The van der Waals surface area contributed by atoms with Gasteiger partial charge in [-0.05, 0) is 29.8 Å². The highest BCUT2D eigenvalue weighted by Gasteiger charge is 2.17. The molecule has 3 rings (SSSR count). The summed E-state index contributed by atoms with van der Waals surface area (Å²) in [6.07, 6.45) is 0. The molecule has 0 aliphatic carbocycles. The molecule has 0 unspecified atom stereocenters. The van der Waals surface area contributed by atoms with Crippen LogP contribution in [0.25, 0.3) is 11.0 Å². The van der Waals surface area contributed by atoms with E-state index in [9.17, 15) is 4.79 Å². The third-order valence-electron chi connectivity index (χ3n) is 4.04. The summed E-state index contributed by atoms with van der Waals surface area (Å²) in [5.41, 5.74) is 2.71. The van der Waals surface area contributed by atoms with E-state index in [4.69, 9.17) is 9.15 Å². The van der Waals surface area contributed by atoms with Crippen molar-refractivity contribution in [3.63, 3.8) is 0 Å². The van der Waals surface area contributed by atoms with Crippen LogP contribution in [0.2, 0.25) is 0 Å². The maximum atomic E-state index is 12.5. The quantitative estimate of drug-likeness (QED) is 0.692. The maximum Gasteiger partial charge on any atom is 0.287 e. The van der Waals surface area contributed by atoms with Gasteiger partial charge in [0.25, 0.3) is 5.91 Å². The fourth-order valence-electron chi connectivity index (χ4n) is 2.71. The van der Waals surface area contributed by atoms with E-state index >= 15 is 0 Å². The molecule has 1 amide bonds. The SMILES string of the molecule is CCNCc1ccc(OC)c2oc(C(=O)NCc3ccccc3)cc12. The van der Waals surface area contributed by atoms with Gasteiger partial charge in [0.05, 0.1) is 7.11 Å². The molecule has 5 nitrogen and oxygen atoms in total. The molecule has 0 radical (unpaired) electrons. The Morgan fingerprint density at radius 1 is 1.12 bits per heavy atom. The first-order valence-corrected chi connectivity index (χ1v) is 8.35. The Labute approximate surface area is 147 Å². The molecule has 2 N–H and O–H groups in total. The predicted octanol–water partition coefficient (Wildman–Crippen LogP) is 3.48. The van der Waals surface area contributed by atoms with Crippen LogP contribution >= 0.6 is 0 Å². The highest BCUT2D eigenvalue weighted by atomic mass is 16.5. The molecule has 0 aliphatic rings. The van der Waals surface area contributed by atoms with Crippen molar-refractivity contribution in [2.45, 2.75) is 20.0 Å². The van der Waals surface area contributed by atoms with E-state index in [-0.39, 0.29) is 11.7 Å². The Morgan fingerprint density at radius 2 is 1.92 bits per heavy atom. The number of methoxy groups -OCH3 is 1. The first-order valence-electron chi connectivity index (χ1n) is 8.35. The molecular formula is C20H22N2O3. The van der Waals surface area contributed by atoms with Crippen molar-refractivity contribution < 1.29 is 13.9 Å². The van der Waals surface area contributed by atoms with E-state index in [0.29, 0.717) is 24.4 Å². The maximum absolute atomic E-state index is 12.5. The van der Waals surface area contributed by atoms with Crippen LogP contribution in [0.4, 0.5) is 0 Å². The summed E-state index contributed by atoms with van der Waals surface area (Å²) in [6.45, 7) is 4.09. The first-order chi connectivity index (χ1) is 12.2. The van der Waals surface area contributed by atoms with Crippen molar-refractivity contribution in [3.05, 3.63) is 65.4 Å². The fourth-order valence-corrected chi connectivity index (χ4v) is 2.71. The summed E-state index contributed by atoms with van der Waals surface area (Å²) in [5.74, 6) is 0.669. The number of hydrogen-bond acceptors (Lipinski definition) is 4. The first kappa shape index (κ1) is 17.0. The summed E-state index contributed by atoms with van der Waals surface area (Å²) >= 11 is 0. The molecule has 0 fully saturated rings. The number of hydrogen-bond donors (Lipinski definition) is 2. The Kier molecular flexibility index (Phi) is 5.36. The van der Waals surface area contributed by atoms with Gasteiger partial charge in [-0.2, -0.15) is 0 Å². The molecule has 0 saturated heterocycles. The van der Waals surface area contributed by atoms with Crippen molar-refractivity contribution >= 4 is 16.9 Å². The van der Waals surface area contributed by atoms with E-state index < -0.39 is 0 Å². The van der Waals surface area contributed by atoms with E-state index in [1.54, 1.807) is 13.2 Å². The van der Waals surface area contributed by atoms with Gasteiger partial charge in [-0.15, -0.1) is 0 Å². The topological polar surface area (TPSA) is 63.5 Å². The lowest BCUT2D eigenvalue weighted by Crippen LogP contribution is -2.22. The van der Waals surface area contributed by atoms with Crippen LogP contribution in [-0.4, -0.2) is 19.6 Å². The second-order valence-electron chi connectivity index (χ2n) is 5.73. The molecule has 0 saturated carbocycles. The molecule has 0 spiro atoms. The van der Waals surface area contributed by atoms with Gasteiger partial charge < -0.3 is 19.8 Å².